The predicted molar refractivity (Wildman–Crippen MR) is 55.7 cm³/mol. The van der Waals surface area contributed by atoms with E-state index in [-0.39, 0.29) is 12.0 Å². The van der Waals surface area contributed by atoms with Crippen molar-refractivity contribution in [3.63, 3.8) is 0 Å². The average molecular weight is 197 g/mol. The van der Waals surface area contributed by atoms with Crippen molar-refractivity contribution < 1.29 is 5.11 Å². The van der Waals surface area contributed by atoms with E-state index in [4.69, 9.17) is 5.73 Å². The Morgan fingerprint density at radius 3 is 2.71 bits per heavy atom. The van der Waals surface area contributed by atoms with Crippen LogP contribution in [-0.4, -0.2) is 20.9 Å². The standard InChI is InChI=1S/C10H19N3O/c1-4-13-8(5-6-12-13)10(14)9(11)7(2)3/h5-7,9-10,14H,4,11H2,1-3H3. The fourth-order valence-corrected chi connectivity index (χ4v) is 1.42. The molecular formula is C10H19N3O. The van der Waals surface area contributed by atoms with Crippen molar-refractivity contribution in [3.8, 4) is 0 Å². The fourth-order valence-electron chi connectivity index (χ4n) is 1.42. The lowest BCUT2D eigenvalue weighted by Crippen LogP contribution is -2.34. The van der Waals surface area contributed by atoms with Gasteiger partial charge in [0, 0.05) is 18.8 Å². The summed E-state index contributed by atoms with van der Waals surface area (Å²) in [6.45, 7) is 6.75. The highest BCUT2D eigenvalue weighted by atomic mass is 16.3. The molecule has 4 nitrogen and oxygen atoms in total. The SMILES string of the molecule is CCn1nccc1C(O)C(N)C(C)C. The van der Waals surface area contributed by atoms with Gasteiger partial charge in [0.05, 0.1) is 5.69 Å². The molecule has 14 heavy (non-hydrogen) atoms. The zero-order valence-corrected chi connectivity index (χ0v) is 9.01. The number of aliphatic hydroxyl groups is 1. The molecule has 0 bridgehead atoms. The smallest absolute Gasteiger partial charge is 0.111 e. The number of nitrogens with two attached hydrogens (primary N) is 1. The lowest BCUT2D eigenvalue weighted by Gasteiger charge is -2.22. The van der Waals surface area contributed by atoms with E-state index >= 15 is 0 Å². The molecule has 2 unspecified atom stereocenters. The molecule has 0 amide bonds. The van der Waals surface area contributed by atoms with Gasteiger partial charge >= 0.3 is 0 Å². The lowest BCUT2D eigenvalue weighted by molar-refractivity contribution is 0.116. The van der Waals surface area contributed by atoms with E-state index in [0.717, 1.165) is 12.2 Å². The van der Waals surface area contributed by atoms with Gasteiger partial charge in [-0.2, -0.15) is 5.10 Å². The monoisotopic (exact) mass is 197 g/mol. The van der Waals surface area contributed by atoms with Gasteiger partial charge in [-0.25, -0.2) is 0 Å². The number of rotatable bonds is 4. The Bertz CT molecular complexity index is 283. The highest BCUT2D eigenvalue weighted by molar-refractivity contribution is 5.07. The Balaban J connectivity index is 2.83. The van der Waals surface area contributed by atoms with Gasteiger partial charge in [-0.1, -0.05) is 13.8 Å². The number of nitrogens with zero attached hydrogens (tertiary/aromatic N) is 2. The van der Waals surface area contributed by atoms with Crippen LogP contribution in [0.5, 0.6) is 0 Å². The van der Waals surface area contributed by atoms with Crippen molar-refractivity contribution in [2.24, 2.45) is 11.7 Å². The zero-order chi connectivity index (χ0) is 10.7. The van der Waals surface area contributed by atoms with Gasteiger partial charge in [-0.05, 0) is 18.9 Å². The van der Waals surface area contributed by atoms with Gasteiger partial charge < -0.3 is 10.8 Å². The first-order chi connectivity index (χ1) is 6.57. The van der Waals surface area contributed by atoms with Crippen LogP contribution in [0.15, 0.2) is 12.3 Å². The molecular weight excluding hydrogens is 178 g/mol. The van der Waals surface area contributed by atoms with Crippen LogP contribution in [-0.2, 0) is 6.54 Å². The van der Waals surface area contributed by atoms with Crippen molar-refractivity contribution >= 4 is 0 Å². The molecule has 2 atom stereocenters. The lowest BCUT2D eigenvalue weighted by atomic mass is 9.97. The molecule has 0 saturated carbocycles. The molecule has 0 saturated heterocycles. The molecule has 0 aromatic carbocycles. The third kappa shape index (κ3) is 2.13. The van der Waals surface area contributed by atoms with E-state index in [9.17, 15) is 5.11 Å². The first-order valence-electron chi connectivity index (χ1n) is 5.03. The Hall–Kier alpha value is -0.870. The third-order valence-corrected chi connectivity index (χ3v) is 2.49. The van der Waals surface area contributed by atoms with Crippen molar-refractivity contribution in [1.29, 1.82) is 0 Å². The molecule has 1 aromatic heterocycles. The van der Waals surface area contributed by atoms with E-state index in [0.29, 0.717) is 0 Å². The normalized spacial score (nSPS) is 15.9. The quantitative estimate of drug-likeness (QED) is 0.754. The minimum atomic E-state index is -0.627. The number of hydrogen-bond donors (Lipinski definition) is 2. The van der Waals surface area contributed by atoms with Crippen LogP contribution < -0.4 is 5.73 Å². The van der Waals surface area contributed by atoms with Crippen LogP contribution in [0.25, 0.3) is 0 Å². The second-order valence-electron chi connectivity index (χ2n) is 3.84. The Morgan fingerprint density at radius 1 is 1.57 bits per heavy atom. The molecule has 1 rings (SSSR count). The minimum Gasteiger partial charge on any atom is -0.385 e. The summed E-state index contributed by atoms with van der Waals surface area (Å²) in [7, 11) is 0. The molecule has 80 valence electrons. The number of aliphatic hydroxyl groups excluding tert-OH is 1. The molecule has 0 aliphatic rings. The van der Waals surface area contributed by atoms with Gasteiger partial charge in [-0.3, -0.25) is 4.68 Å². The highest BCUT2D eigenvalue weighted by Gasteiger charge is 2.22. The summed E-state index contributed by atoms with van der Waals surface area (Å²) in [4.78, 5) is 0. The summed E-state index contributed by atoms with van der Waals surface area (Å²) in [6.07, 6.45) is 1.06. The highest BCUT2D eigenvalue weighted by Crippen LogP contribution is 2.19. The summed E-state index contributed by atoms with van der Waals surface area (Å²) in [5, 5.41) is 14.1. The summed E-state index contributed by atoms with van der Waals surface area (Å²) in [5.74, 6) is 0.255. The van der Waals surface area contributed by atoms with Crippen molar-refractivity contribution in [1.82, 2.24) is 9.78 Å². The van der Waals surface area contributed by atoms with Crippen LogP contribution in [0.2, 0.25) is 0 Å². The second-order valence-corrected chi connectivity index (χ2v) is 3.84. The Morgan fingerprint density at radius 2 is 2.21 bits per heavy atom. The van der Waals surface area contributed by atoms with E-state index in [1.807, 2.05) is 26.8 Å². The second kappa shape index (κ2) is 4.57. The molecule has 0 spiro atoms. The summed E-state index contributed by atoms with van der Waals surface area (Å²) in [5.41, 5.74) is 6.68. The van der Waals surface area contributed by atoms with Gasteiger partial charge in [0.1, 0.15) is 6.10 Å². The molecule has 0 radical (unpaired) electrons. The van der Waals surface area contributed by atoms with Gasteiger partial charge in [-0.15, -0.1) is 0 Å². The van der Waals surface area contributed by atoms with Crippen LogP contribution in [0, 0.1) is 5.92 Å². The summed E-state index contributed by atoms with van der Waals surface area (Å²) < 4.78 is 1.77. The maximum Gasteiger partial charge on any atom is 0.111 e. The van der Waals surface area contributed by atoms with Crippen LogP contribution in [0.3, 0.4) is 0 Å². The Kier molecular flexibility index (Phi) is 3.66. The largest absolute Gasteiger partial charge is 0.385 e. The third-order valence-electron chi connectivity index (χ3n) is 2.49. The fraction of sp³-hybridized carbons (Fsp3) is 0.700. The topological polar surface area (TPSA) is 64.1 Å². The molecule has 1 heterocycles. The predicted octanol–water partition coefficient (Wildman–Crippen LogP) is 0.920. The molecule has 0 aliphatic carbocycles. The zero-order valence-electron chi connectivity index (χ0n) is 9.01. The summed E-state index contributed by atoms with van der Waals surface area (Å²) in [6, 6.07) is 1.58. The average Bonchev–Trinajstić information content (AvgIpc) is 2.62. The maximum atomic E-state index is 9.97. The minimum absolute atomic E-state index is 0.239. The molecule has 0 aliphatic heterocycles. The first kappa shape index (κ1) is 11.2. The first-order valence-corrected chi connectivity index (χ1v) is 5.03. The van der Waals surface area contributed by atoms with Crippen LogP contribution in [0.4, 0.5) is 0 Å². The van der Waals surface area contributed by atoms with Gasteiger partial charge in [0.2, 0.25) is 0 Å². The Labute approximate surface area is 84.7 Å². The van der Waals surface area contributed by atoms with E-state index in [1.165, 1.54) is 0 Å². The van der Waals surface area contributed by atoms with Crippen molar-refractivity contribution in [3.05, 3.63) is 18.0 Å². The number of aromatic nitrogens is 2. The van der Waals surface area contributed by atoms with E-state index < -0.39 is 6.10 Å². The van der Waals surface area contributed by atoms with Crippen LogP contribution >= 0.6 is 0 Å². The molecule has 0 fully saturated rings. The van der Waals surface area contributed by atoms with Gasteiger partial charge in [0.25, 0.3) is 0 Å². The van der Waals surface area contributed by atoms with Crippen molar-refractivity contribution in [2.45, 2.75) is 39.5 Å². The van der Waals surface area contributed by atoms with Gasteiger partial charge in [0.15, 0.2) is 0 Å². The number of aryl methyl sites for hydroxylation is 1. The number of hydrogen-bond acceptors (Lipinski definition) is 3. The van der Waals surface area contributed by atoms with Crippen molar-refractivity contribution in [2.75, 3.05) is 0 Å². The molecule has 3 N–H and O–H groups in total. The van der Waals surface area contributed by atoms with E-state index in [2.05, 4.69) is 5.10 Å². The van der Waals surface area contributed by atoms with E-state index in [1.54, 1.807) is 10.9 Å². The maximum absolute atomic E-state index is 9.97. The van der Waals surface area contributed by atoms with Crippen LogP contribution in [0.1, 0.15) is 32.6 Å². The molecule has 1 aromatic rings. The molecule has 4 heteroatoms. The summed E-state index contributed by atoms with van der Waals surface area (Å²) >= 11 is 0.